The van der Waals surface area contributed by atoms with Crippen LogP contribution in [-0.2, 0) is 11.3 Å². The maximum Gasteiger partial charge on any atom is 0.258 e. The first kappa shape index (κ1) is 14.2. The monoisotopic (exact) mass is 299 g/mol. The lowest BCUT2D eigenvalue weighted by Crippen LogP contribution is -2.35. The molecule has 0 fully saturated rings. The predicted octanol–water partition coefficient (Wildman–Crippen LogP) is 3.59. The fourth-order valence-corrected chi connectivity index (χ4v) is 3.49. The fourth-order valence-electron chi connectivity index (χ4n) is 2.50. The van der Waals surface area contributed by atoms with Gasteiger partial charge in [-0.15, -0.1) is 11.8 Å². The van der Waals surface area contributed by atoms with Crippen molar-refractivity contribution in [2.45, 2.75) is 11.5 Å². The van der Waals surface area contributed by atoms with Crippen LogP contribution in [0.25, 0.3) is 0 Å². The Morgan fingerprint density at radius 1 is 1.24 bits per heavy atom. The first-order valence-corrected chi connectivity index (χ1v) is 7.90. The number of rotatable bonds is 3. The Labute approximate surface area is 128 Å². The number of carbonyl (C=O) groups excluding carboxylic acids is 1. The molecule has 108 valence electrons. The second-order valence-electron chi connectivity index (χ2n) is 4.91. The molecule has 0 aliphatic carbocycles. The molecule has 1 aliphatic rings. The van der Waals surface area contributed by atoms with E-state index in [1.807, 2.05) is 47.4 Å². The van der Waals surface area contributed by atoms with Crippen molar-refractivity contribution < 1.29 is 9.53 Å². The third-order valence-corrected chi connectivity index (χ3v) is 4.50. The van der Waals surface area contributed by atoms with Gasteiger partial charge in [-0.3, -0.25) is 4.79 Å². The minimum Gasteiger partial charge on any atom is -0.380 e. The number of hydrogen-bond donors (Lipinski definition) is 0. The molecule has 0 atom stereocenters. The van der Waals surface area contributed by atoms with Crippen molar-refractivity contribution in [2.24, 2.45) is 0 Å². The normalized spacial score (nSPS) is 13.9. The van der Waals surface area contributed by atoms with Crippen molar-refractivity contribution in [1.82, 2.24) is 0 Å². The van der Waals surface area contributed by atoms with E-state index in [2.05, 4.69) is 6.07 Å². The van der Waals surface area contributed by atoms with Crippen LogP contribution >= 0.6 is 11.8 Å². The molecule has 3 rings (SSSR count). The Balaban J connectivity index is 1.91. The molecule has 1 heterocycles. The lowest BCUT2D eigenvalue weighted by molar-refractivity contribution is 0.0987. The van der Waals surface area contributed by atoms with E-state index in [-0.39, 0.29) is 5.91 Å². The average molecular weight is 299 g/mol. The number of hydrogen-bond acceptors (Lipinski definition) is 3. The van der Waals surface area contributed by atoms with Crippen LogP contribution in [0, 0.1) is 0 Å². The molecule has 0 radical (unpaired) electrons. The Kier molecular flexibility index (Phi) is 4.27. The predicted molar refractivity (Wildman–Crippen MR) is 86.0 cm³/mol. The third-order valence-electron chi connectivity index (χ3n) is 3.46. The van der Waals surface area contributed by atoms with Crippen LogP contribution in [0.2, 0.25) is 0 Å². The summed E-state index contributed by atoms with van der Waals surface area (Å²) < 4.78 is 5.14. The smallest absolute Gasteiger partial charge is 0.258 e. The number of methoxy groups -OCH3 is 1. The summed E-state index contributed by atoms with van der Waals surface area (Å²) in [6, 6.07) is 15.7. The Bertz CT molecular complexity index is 657. The highest BCUT2D eigenvalue weighted by molar-refractivity contribution is 7.99. The fraction of sp³-hybridized carbons (Fsp3) is 0.235. The number of fused-ring (bicyclic) bond motifs is 1. The highest BCUT2D eigenvalue weighted by Gasteiger charge is 2.23. The van der Waals surface area contributed by atoms with E-state index >= 15 is 0 Å². The van der Waals surface area contributed by atoms with Gasteiger partial charge < -0.3 is 9.64 Å². The Hall–Kier alpha value is -1.78. The molecule has 0 spiro atoms. The van der Waals surface area contributed by atoms with E-state index in [4.69, 9.17) is 4.74 Å². The van der Waals surface area contributed by atoms with Crippen molar-refractivity contribution in [2.75, 3.05) is 24.3 Å². The van der Waals surface area contributed by atoms with Gasteiger partial charge in [0.2, 0.25) is 0 Å². The minimum absolute atomic E-state index is 0.0562. The van der Waals surface area contributed by atoms with E-state index in [0.717, 1.165) is 23.5 Å². The second-order valence-corrected chi connectivity index (χ2v) is 6.04. The number of para-hydroxylation sites is 1. The molecule has 21 heavy (non-hydrogen) atoms. The molecular weight excluding hydrogens is 282 g/mol. The van der Waals surface area contributed by atoms with E-state index in [0.29, 0.717) is 12.2 Å². The standard InChI is InChI=1S/C17H17NO2S/c1-20-12-13-5-4-6-14(11-13)17(19)18-9-10-21-16-8-3-2-7-15(16)18/h2-8,11H,9-10,12H2,1H3. The van der Waals surface area contributed by atoms with Gasteiger partial charge in [0.1, 0.15) is 0 Å². The van der Waals surface area contributed by atoms with Gasteiger partial charge >= 0.3 is 0 Å². The maximum atomic E-state index is 12.8. The van der Waals surface area contributed by atoms with Gasteiger partial charge in [-0.2, -0.15) is 0 Å². The number of nitrogens with zero attached hydrogens (tertiary/aromatic N) is 1. The summed E-state index contributed by atoms with van der Waals surface area (Å²) in [5, 5.41) is 0. The van der Waals surface area contributed by atoms with Crippen molar-refractivity contribution in [3.63, 3.8) is 0 Å². The largest absolute Gasteiger partial charge is 0.380 e. The molecule has 3 nitrogen and oxygen atoms in total. The van der Waals surface area contributed by atoms with Gasteiger partial charge in [0.15, 0.2) is 0 Å². The maximum absolute atomic E-state index is 12.8. The number of anilines is 1. The topological polar surface area (TPSA) is 29.5 Å². The van der Waals surface area contributed by atoms with Crippen LogP contribution in [-0.4, -0.2) is 25.3 Å². The molecule has 2 aromatic rings. The van der Waals surface area contributed by atoms with E-state index in [1.165, 1.54) is 4.90 Å². The first-order valence-electron chi connectivity index (χ1n) is 6.91. The van der Waals surface area contributed by atoms with Gasteiger partial charge in [-0.25, -0.2) is 0 Å². The van der Waals surface area contributed by atoms with Crippen molar-refractivity contribution in [3.05, 3.63) is 59.7 Å². The molecule has 0 saturated heterocycles. The second kappa shape index (κ2) is 6.33. The summed E-state index contributed by atoms with van der Waals surface area (Å²) >= 11 is 1.80. The minimum atomic E-state index is 0.0562. The van der Waals surface area contributed by atoms with Crippen molar-refractivity contribution >= 4 is 23.4 Å². The molecule has 0 bridgehead atoms. The molecule has 0 saturated carbocycles. The van der Waals surface area contributed by atoms with Crippen LogP contribution < -0.4 is 4.90 Å². The number of carbonyl (C=O) groups is 1. The molecule has 1 aliphatic heterocycles. The molecule has 0 unspecified atom stereocenters. The number of benzene rings is 2. The molecule has 0 aromatic heterocycles. The molecule has 1 amide bonds. The third kappa shape index (κ3) is 2.96. The number of ether oxygens (including phenoxy) is 1. The van der Waals surface area contributed by atoms with Crippen LogP contribution in [0.4, 0.5) is 5.69 Å². The summed E-state index contributed by atoms with van der Waals surface area (Å²) in [5.74, 6) is 0.987. The zero-order valence-electron chi connectivity index (χ0n) is 11.9. The highest BCUT2D eigenvalue weighted by Crippen LogP contribution is 2.35. The summed E-state index contributed by atoms with van der Waals surface area (Å²) in [7, 11) is 1.66. The van der Waals surface area contributed by atoms with Crippen molar-refractivity contribution in [3.8, 4) is 0 Å². The lowest BCUT2D eigenvalue weighted by Gasteiger charge is -2.29. The lowest BCUT2D eigenvalue weighted by atomic mass is 10.1. The van der Waals surface area contributed by atoms with Crippen LogP contribution in [0.15, 0.2) is 53.4 Å². The average Bonchev–Trinajstić information content (AvgIpc) is 2.54. The van der Waals surface area contributed by atoms with E-state index < -0.39 is 0 Å². The number of thioether (sulfide) groups is 1. The van der Waals surface area contributed by atoms with Crippen LogP contribution in [0.1, 0.15) is 15.9 Å². The van der Waals surface area contributed by atoms with Gasteiger partial charge in [0, 0.05) is 29.9 Å². The van der Waals surface area contributed by atoms with E-state index in [9.17, 15) is 4.79 Å². The molecule has 4 heteroatoms. The Morgan fingerprint density at radius 2 is 2.10 bits per heavy atom. The SMILES string of the molecule is COCc1cccc(C(=O)N2CCSc3ccccc32)c1. The quantitative estimate of drug-likeness (QED) is 0.867. The van der Waals surface area contributed by atoms with Gasteiger partial charge in [-0.1, -0.05) is 24.3 Å². The molecule has 0 N–H and O–H groups in total. The summed E-state index contributed by atoms with van der Waals surface area (Å²) in [5.41, 5.74) is 2.74. The number of amides is 1. The van der Waals surface area contributed by atoms with Gasteiger partial charge in [-0.05, 0) is 29.8 Å². The summed E-state index contributed by atoms with van der Waals surface area (Å²) in [4.78, 5) is 15.8. The van der Waals surface area contributed by atoms with Gasteiger partial charge in [0.05, 0.1) is 12.3 Å². The zero-order valence-corrected chi connectivity index (χ0v) is 12.7. The van der Waals surface area contributed by atoms with Crippen molar-refractivity contribution in [1.29, 1.82) is 0 Å². The molecular formula is C17H17NO2S. The summed E-state index contributed by atoms with van der Waals surface area (Å²) in [6.45, 7) is 1.27. The Morgan fingerprint density at radius 3 is 2.95 bits per heavy atom. The van der Waals surface area contributed by atoms with Crippen LogP contribution in [0.5, 0.6) is 0 Å². The zero-order chi connectivity index (χ0) is 14.7. The van der Waals surface area contributed by atoms with E-state index in [1.54, 1.807) is 18.9 Å². The summed E-state index contributed by atoms with van der Waals surface area (Å²) in [6.07, 6.45) is 0. The van der Waals surface area contributed by atoms with Crippen LogP contribution in [0.3, 0.4) is 0 Å². The van der Waals surface area contributed by atoms with Gasteiger partial charge in [0.25, 0.3) is 5.91 Å². The first-order chi connectivity index (χ1) is 10.3. The highest BCUT2D eigenvalue weighted by atomic mass is 32.2. The molecule has 2 aromatic carbocycles.